The Kier molecular flexibility index (Phi) is 5.71. The quantitative estimate of drug-likeness (QED) is 0.518. The highest BCUT2D eigenvalue weighted by molar-refractivity contribution is 6.33. The predicted octanol–water partition coefficient (Wildman–Crippen LogP) is 6.78. The normalized spacial score (nSPS) is 18.0. The highest BCUT2D eigenvalue weighted by Crippen LogP contribution is 2.45. The van der Waals surface area contributed by atoms with Crippen molar-refractivity contribution in [3.05, 3.63) is 52.5 Å². The van der Waals surface area contributed by atoms with Crippen molar-refractivity contribution in [2.24, 2.45) is 11.8 Å². The second-order valence-electron chi connectivity index (χ2n) is 8.21. The minimum absolute atomic E-state index is 0.0618. The molecule has 0 bridgehead atoms. The Bertz CT molecular complexity index is 932. The molecule has 1 atom stereocenters. The van der Waals surface area contributed by atoms with E-state index in [1.807, 2.05) is 0 Å². The highest BCUT2D eigenvalue weighted by Gasteiger charge is 2.35. The summed E-state index contributed by atoms with van der Waals surface area (Å²) in [4.78, 5) is 11.9. The molecule has 2 aromatic rings. The topological polar surface area (TPSA) is 46.5 Å². The van der Waals surface area contributed by atoms with Gasteiger partial charge in [0, 0.05) is 5.56 Å². The van der Waals surface area contributed by atoms with Gasteiger partial charge in [0.15, 0.2) is 0 Å². The van der Waals surface area contributed by atoms with E-state index in [2.05, 4.69) is 0 Å². The van der Waals surface area contributed by atoms with Gasteiger partial charge in [0.25, 0.3) is 0 Å². The van der Waals surface area contributed by atoms with Crippen LogP contribution in [-0.4, -0.2) is 17.7 Å². The van der Waals surface area contributed by atoms with Gasteiger partial charge in [0.2, 0.25) is 0 Å². The zero-order valence-corrected chi connectivity index (χ0v) is 17.0. The molecule has 2 saturated carbocycles. The van der Waals surface area contributed by atoms with Crippen molar-refractivity contribution in [3.63, 3.8) is 0 Å². The van der Waals surface area contributed by atoms with Crippen molar-refractivity contribution >= 4 is 17.6 Å². The van der Waals surface area contributed by atoms with Gasteiger partial charge in [-0.25, -0.2) is 0 Å². The van der Waals surface area contributed by atoms with Crippen molar-refractivity contribution in [3.8, 4) is 16.9 Å². The first-order valence-corrected chi connectivity index (χ1v) is 10.5. The van der Waals surface area contributed by atoms with Crippen molar-refractivity contribution in [2.45, 2.75) is 44.2 Å². The number of alkyl halides is 3. The summed E-state index contributed by atoms with van der Waals surface area (Å²) >= 11 is 6.55. The molecule has 4 rings (SSSR count). The number of rotatable bonds is 7. The Morgan fingerprint density at radius 2 is 1.80 bits per heavy atom. The molecule has 2 aliphatic rings. The first-order valence-electron chi connectivity index (χ1n) is 10.1. The van der Waals surface area contributed by atoms with E-state index >= 15 is 0 Å². The van der Waals surface area contributed by atoms with Gasteiger partial charge in [0.1, 0.15) is 5.75 Å². The molecule has 0 saturated heterocycles. The van der Waals surface area contributed by atoms with Crippen LogP contribution >= 0.6 is 11.6 Å². The summed E-state index contributed by atoms with van der Waals surface area (Å²) in [5, 5.41) is 10.1. The van der Waals surface area contributed by atoms with Gasteiger partial charge in [-0.05, 0) is 72.9 Å². The number of carboxylic acids is 1. The maximum absolute atomic E-state index is 12.9. The zero-order valence-electron chi connectivity index (χ0n) is 16.2. The molecule has 7 heteroatoms. The number of halogens is 4. The molecule has 0 heterocycles. The number of ether oxygens (including phenoxy) is 1. The SMILES string of the molecule is O=C(O)C(c1cc(Cl)c(-c2ccc(C(F)(F)F)cc2)c(OCC2CC2)c1)C1CCC1. The van der Waals surface area contributed by atoms with Gasteiger partial charge < -0.3 is 9.84 Å². The molecule has 0 aliphatic heterocycles. The fraction of sp³-hybridized carbons (Fsp3) is 0.435. The van der Waals surface area contributed by atoms with E-state index < -0.39 is 23.6 Å². The standard InChI is InChI=1S/C23H22ClF3O3/c24-18-10-16(20(22(28)29)14-2-1-3-14)11-19(30-12-13-4-5-13)21(18)15-6-8-17(9-7-15)23(25,26)27/h6-11,13-14,20H,1-5,12H2,(H,28,29). The van der Waals surface area contributed by atoms with E-state index in [0.29, 0.717) is 35.0 Å². The van der Waals surface area contributed by atoms with Gasteiger partial charge in [-0.2, -0.15) is 13.2 Å². The Hall–Kier alpha value is -2.21. The molecular weight excluding hydrogens is 417 g/mol. The molecule has 0 amide bonds. The average molecular weight is 439 g/mol. The van der Waals surface area contributed by atoms with Crippen LogP contribution in [0, 0.1) is 11.8 Å². The van der Waals surface area contributed by atoms with Gasteiger partial charge >= 0.3 is 12.1 Å². The Morgan fingerprint density at radius 3 is 2.30 bits per heavy atom. The number of hydrogen-bond donors (Lipinski definition) is 1. The van der Waals surface area contributed by atoms with Crippen LogP contribution in [0.3, 0.4) is 0 Å². The summed E-state index contributed by atoms with van der Waals surface area (Å²) < 4.78 is 44.8. The molecule has 0 spiro atoms. The first kappa shape index (κ1) is 21.0. The molecule has 1 N–H and O–H groups in total. The molecule has 1 unspecified atom stereocenters. The Labute approximate surface area is 177 Å². The van der Waals surface area contributed by atoms with Gasteiger partial charge in [-0.3, -0.25) is 4.79 Å². The summed E-state index contributed by atoms with van der Waals surface area (Å²) in [5.74, 6) is -0.622. The molecular formula is C23H22ClF3O3. The summed E-state index contributed by atoms with van der Waals surface area (Å²) in [5.41, 5.74) is 0.836. The van der Waals surface area contributed by atoms with E-state index in [4.69, 9.17) is 16.3 Å². The number of hydrogen-bond acceptors (Lipinski definition) is 2. The van der Waals surface area contributed by atoms with Crippen molar-refractivity contribution in [2.75, 3.05) is 6.61 Å². The largest absolute Gasteiger partial charge is 0.493 e. The molecule has 0 aromatic heterocycles. The van der Waals surface area contributed by atoms with Crippen LogP contribution < -0.4 is 4.74 Å². The second kappa shape index (κ2) is 8.14. The number of aliphatic carboxylic acids is 1. The summed E-state index contributed by atoms with van der Waals surface area (Å²) in [7, 11) is 0. The monoisotopic (exact) mass is 438 g/mol. The van der Waals surface area contributed by atoms with Crippen LogP contribution in [0.1, 0.15) is 49.1 Å². The van der Waals surface area contributed by atoms with Gasteiger partial charge in [-0.1, -0.05) is 30.2 Å². The van der Waals surface area contributed by atoms with Crippen LogP contribution in [0.2, 0.25) is 5.02 Å². The third-order valence-corrected chi connectivity index (χ3v) is 6.29. The molecule has 2 aliphatic carbocycles. The van der Waals surface area contributed by atoms with Crippen LogP contribution in [-0.2, 0) is 11.0 Å². The first-order chi connectivity index (χ1) is 14.2. The molecule has 2 aromatic carbocycles. The van der Waals surface area contributed by atoms with Crippen molar-refractivity contribution < 1.29 is 27.8 Å². The minimum Gasteiger partial charge on any atom is -0.493 e. The van der Waals surface area contributed by atoms with E-state index in [9.17, 15) is 23.1 Å². The second-order valence-corrected chi connectivity index (χ2v) is 8.62. The lowest BCUT2D eigenvalue weighted by molar-refractivity contribution is -0.141. The maximum Gasteiger partial charge on any atom is 0.416 e. The lowest BCUT2D eigenvalue weighted by Crippen LogP contribution is -2.26. The van der Waals surface area contributed by atoms with Gasteiger partial charge in [0.05, 0.1) is 23.1 Å². The highest BCUT2D eigenvalue weighted by atomic mass is 35.5. The number of carbonyl (C=O) groups is 1. The third kappa shape index (κ3) is 4.43. The van der Waals surface area contributed by atoms with Crippen LogP contribution in [0.4, 0.5) is 13.2 Å². The zero-order chi connectivity index (χ0) is 21.5. The van der Waals surface area contributed by atoms with E-state index in [1.54, 1.807) is 12.1 Å². The minimum atomic E-state index is -4.42. The fourth-order valence-corrected chi connectivity index (χ4v) is 4.21. The summed E-state index contributed by atoms with van der Waals surface area (Å²) in [6.07, 6.45) is 0.443. The molecule has 0 radical (unpaired) electrons. The molecule has 3 nitrogen and oxygen atoms in total. The van der Waals surface area contributed by atoms with Crippen LogP contribution in [0.5, 0.6) is 5.75 Å². The van der Waals surface area contributed by atoms with Crippen LogP contribution in [0.15, 0.2) is 36.4 Å². The fourth-order valence-electron chi connectivity index (χ4n) is 3.88. The lowest BCUT2D eigenvalue weighted by atomic mass is 9.73. The third-order valence-electron chi connectivity index (χ3n) is 6.00. The molecule has 160 valence electrons. The predicted molar refractivity (Wildman–Crippen MR) is 108 cm³/mol. The van der Waals surface area contributed by atoms with Crippen molar-refractivity contribution in [1.82, 2.24) is 0 Å². The van der Waals surface area contributed by atoms with Crippen LogP contribution in [0.25, 0.3) is 11.1 Å². The maximum atomic E-state index is 12.9. The average Bonchev–Trinajstić information content (AvgIpc) is 3.46. The van der Waals surface area contributed by atoms with Crippen molar-refractivity contribution in [1.29, 1.82) is 0 Å². The number of benzene rings is 2. The Morgan fingerprint density at radius 1 is 1.13 bits per heavy atom. The lowest BCUT2D eigenvalue weighted by Gasteiger charge is -2.32. The van der Waals surface area contributed by atoms with E-state index in [1.165, 1.54) is 12.1 Å². The Balaban J connectivity index is 1.74. The molecule has 2 fully saturated rings. The molecule has 30 heavy (non-hydrogen) atoms. The summed E-state index contributed by atoms with van der Waals surface area (Å²) in [6.45, 7) is 0.481. The van der Waals surface area contributed by atoms with Gasteiger partial charge in [-0.15, -0.1) is 0 Å². The number of carboxylic acid groups (broad SMARTS) is 1. The summed E-state index contributed by atoms with van der Waals surface area (Å²) in [6, 6.07) is 8.09. The van der Waals surface area contributed by atoms with E-state index in [0.717, 1.165) is 44.2 Å². The van der Waals surface area contributed by atoms with E-state index in [-0.39, 0.29) is 10.9 Å². The smallest absolute Gasteiger partial charge is 0.416 e.